The molecule has 5 heteroatoms. The van der Waals surface area contributed by atoms with Crippen LogP contribution in [0.5, 0.6) is 5.88 Å². The highest BCUT2D eigenvalue weighted by Gasteiger charge is 2.23. The molecular weight excluding hydrogens is 360 g/mol. The Morgan fingerprint density at radius 2 is 1.85 bits per heavy atom. The quantitative estimate of drug-likeness (QED) is 0.510. The third-order valence-electron chi connectivity index (χ3n) is 4.44. The first kappa shape index (κ1) is 19.2. The molecule has 0 unspecified atom stereocenters. The molecule has 1 aromatic heterocycles. The molecule has 1 heterocycles. The van der Waals surface area contributed by atoms with Gasteiger partial charge in [0.1, 0.15) is 0 Å². The van der Waals surface area contributed by atoms with Gasteiger partial charge in [0, 0.05) is 11.1 Å². The molecule has 4 nitrogen and oxygen atoms in total. The molecule has 0 aliphatic rings. The van der Waals surface area contributed by atoms with E-state index >= 15 is 0 Å². The van der Waals surface area contributed by atoms with Gasteiger partial charge in [-0.25, -0.2) is 4.68 Å². The minimum Gasteiger partial charge on any atom is -0.407 e. The Hall–Kier alpha value is -2.59. The maximum atomic E-state index is 12.9. The largest absolute Gasteiger partial charge is 0.407 e. The lowest BCUT2D eigenvalue weighted by Crippen LogP contribution is -2.19. The fourth-order valence-corrected chi connectivity index (χ4v) is 3.11. The number of hydrogen-bond acceptors (Lipinski definition) is 3. The van der Waals surface area contributed by atoms with E-state index in [0.717, 1.165) is 16.9 Å². The van der Waals surface area contributed by atoms with Gasteiger partial charge in [-0.3, -0.25) is 4.79 Å². The number of nitrogens with zero attached hydrogens (tertiary/aromatic N) is 2. The van der Waals surface area contributed by atoms with Gasteiger partial charge in [0.05, 0.1) is 17.3 Å². The van der Waals surface area contributed by atoms with Crippen LogP contribution in [0.2, 0.25) is 5.02 Å². The summed E-state index contributed by atoms with van der Waals surface area (Å²) in [6.45, 7) is 6.08. The van der Waals surface area contributed by atoms with Crippen molar-refractivity contribution in [2.75, 3.05) is 0 Å². The van der Waals surface area contributed by atoms with Gasteiger partial charge in [-0.1, -0.05) is 68.8 Å². The minimum absolute atomic E-state index is 0.207. The number of benzene rings is 2. The molecule has 0 aliphatic heterocycles. The highest BCUT2D eigenvalue weighted by atomic mass is 35.5. The summed E-state index contributed by atoms with van der Waals surface area (Å²) in [6.07, 6.45) is 0.658. The Balaban J connectivity index is 1.94. The summed E-state index contributed by atoms with van der Waals surface area (Å²) < 4.78 is 7.43. The highest BCUT2D eigenvalue weighted by molar-refractivity contribution is 6.30. The first-order valence-electron chi connectivity index (χ1n) is 9.12. The molecule has 3 aromatic rings. The first-order valence-corrected chi connectivity index (χ1v) is 9.50. The number of carbonyl (C=O) groups excluding carboxylic acids is 1. The standard InChI is InChI=1S/C22H23ClN2O2/c1-4-19(16-9-6-5-7-10-16)22(26)27-21-14-20(15(2)3)24-25(21)18-12-8-11-17(23)13-18/h5-15,19H,4H2,1-3H3/t19-/m1/s1. The smallest absolute Gasteiger partial charge is 0.320 e. The van der Waals surface area contributed by atoms with Crippen molar-refractivity contribution >= 4 is 17.6 Å². The molecule has 0 spiro atoms. The van der Waals surface area contributed by atoms with Gasteiger partial charge in [0.15, 0.2) is 0 Å². The second kappa shape index (κ2) is 8.40. The van der Waals surface area contributed by atoms with E-state index in [0.29, 0.717) is 17.3 Å². The summed E-state index contributed by atoms with van der Waals surface area (Å²) >= 11 is 6.13. The van der Waals surface area contributed by atoms with Crippen LogP contribution in [0.4, 0.5) is 0 Å². The van der Waals surface area contributed by atoms with Crippen molar-refractivity contribution in [2.24, 2.45) is 0 Å². The van der Waals surface area contributed by atoms with Crippen molar-refractivity contribution in [1.29, 1.82) is 0 Å². The van der Waals surface area contributed by atoms with Gasteiger partial charge in [-0.15, -0.1) is 0 Å². The normalized spacial score (nSPS) is 12.2. The summed E-state index contributed by atoms with van der Waals surface area (Å²) in [5.74, 6) is -0.00192. The maximum absolute atomic E-state index is 12.9. The molecule has 140 valence electrons. The van der Waals surface area contributed by atoms with Gasteiger partial charge in [-0.2, -0.15) is 5.10 Å². The van der Waals surface area contributed by atoms with Crippen molar-refractivity contribution < 1.29 is 9.53 Å². The Bertz CT molecular complexity index is 919. The van der Waals surface area contributed by atoms with E-state index in [4.69, 9.17) is 16.3 Å². The van der Waals surface area contributed by atoms with Crippen LogP contribution < -0.4 is 4.74 Å². The monoisotopic (exact) mass is 382 g/mol. The Labute approximate surface area is 164 Å². The number of carbonyl (C=O) groups is 1. The van der Waals surface area contributed by atoms with Gasteiger partial charge < -0.3 is 4.74 Å². The van der Waals surface area contributed by atoms with Crippen LogP contribution in [0.25, 0.3) is 5.69 Å². The van der Waals surface area contributed by atoms with Crippen LogP contribution >= 0.6 is 11.6 Å². The SMILES string of the molecule is CC[C@@H](C(=O)Oc1cc(C(C)C)nn1-c1cccc(Cl)c1)c1ccccc1. The van der Waals surface area contributed by atoms with E-state index in [9.17, 15) is 4.79 Å². The highest BCUT2D eigenvalue weighted by Crippen LogP contribution is 2.28. The van der Waals surface area contributed by atoms with Crippen molar-refractivity contribution in [2.45, 2.75) is 39.0 Å². The zero-order chi connectivity index (χ0) is 19.4. The van der Waals surface area contributed by atoms with Crippen LogP contribution in [0, 0.1) is 0 Å². The van der Waals surface area contributed by atoms with Crippen molar-refractivity contribution in [3.05, 3.63) is 76.9 Å². The summed E-state index contributed by atoms with van der Waals surface area (Å²) in [4.78, 5) is 12.9. The zero-order valence-electron chi connectivity index (χ0n) is 15.7. The molecular formula is C22H23ClN2O2. The maximum Gasteiger partial charge on any atom is 0.320 e. The second-order valence-corrected chi connectivity index (χ2v) is 7.18. The minimum atomic E-state index is -0.323. The van der Waals surface area contributed by atoms with Gasteiger partial charge in [0.2, 0.25) is 5.88 Å². The van der Waals surface area contributed by atoms with E-state index < -0.39 is 0 Å². The number of rotatable bonds is 6. The van der Waals surface area contributed by atoms with Gasteiger partial charge in [-0.05, 0) is 36.1 Å². The zero-order valence-corrected chi connectivity index (χ0v) is 16.5. The van der Waals surface area contributed by atoms with E-state index in [1.54, 1.807) is 16.8 Å². The molecule has 0 amide bonds. The molecule has 1 atom stereocenters. The lowest BCUT2D eigenvalue weighted by molar-refractivity contribution is -0.136. The average molecular weight is 383 g/mol. The molecule has 0 fully saturated rings. The van der Waals surface area contributed by atoms with Crippen molar-refractivity contribution in [1.82, 2.24) is 9.78 Å². The first-order chi connectivity index (χ1) is 13.0. The van der Waals surface area contributed by atoms with Crippen LogP contribution in [0.3, 0.4) is 0 Å². The van der Waals surface area contributed by atoms with Crippen molar-refractivity contribution in [3.63, 3.8) is 0 Å². The number of ether oxygens (including phenoxy) is 1. The Morgan fingerprint density at radius 1 is 1.11 bits per heavy atom. The summed E-state index contributed by atoms with van der Waals surface area (Å²) in [5, 5.41) is 5.21. The topological polar surface area (TPSA) is 44.1 Å². The van der Waals surface area contributed by atoms with E-state index in [2.05, 4.69) is 18.9 Å². The molecule has 2 aromatic carbocycles. The number of halogens is 1. The van der Waals surface area contributed by atoms with Crippen LogP contribution in [-0.2, 0) is 4.79 Å². The van der Waals surface area contributed by atoms with E-state index in [1.807, 2.05) is 55.5 Å². The molecule has 0 saturated heterocycles. The predicted molar refractivity (Wildman–Crippen MR) is 108 cm³/mol. The average Bonchev–Trinajstić information content (AvgIpc) is 3.07. The Kier molecular flexibility index (Phi) is 5.97. The molecule has 0 aliphatic carbocycles. The number of aromatic nitrogens is 2. The fourth-order valence-electron chi connectivity index (χ4n) is 2.93. The van der Waals surface area contributed by atoms with Crippen LogP contribution in [0.15, 0.2) is 60.7 Å². The second-order valence-electron chi connectivity index (χ2n) is 6.75. The lowest BCUT2D eigenvalue weighted by Gasteiger charge is -2.15. The van der Waals surface area contributed by atoms with Crippen molar-refractivity contribution in [3.8, 4) is 11.6 Å². The van der Waals surface area contributed by atoms with Gasteiger partial charge in [0.25, 0.3) is 0 Å². The predicted octanol–water partition coefficient (Wildman–Crippen LogP) is 5.75. The molecule has 27 heavy (non-hydrogen) atoms. The number of hydrogen-bond donors (Lipinski definition) is 0. The molecule has 0 radical (unpaired) electrons. The van der Waals surface area contributed by atoms with E-state index in [-0.39, 0.29) is 17.8 Å². The summed E-state index contributed by atoms with van der Waals surface area (Å²) in [5.41, 5.74) is 2.55. The van der Waals surface area contributed by atoms with Gasteiger partial charge >= 0.3 is 5.97 Å². The molecule has 0 bridgehead atoms. The lowest BCUT2D eigenvalue weighted by atomic mass is 9.97. The fraction of sp³-hybridized carbons (Fsp3) is 0.273. The summed E-state index contributed by atoms with van der Waals surface area (Å²) in [7, 11) is 0. The van der Waals surface area contributed by atoms with Crippen LogP contribution in [-0.4, -0.2) is 15.7 Å². The summed E-state index contributed by atoms with van der Waals surface area (Å²) in [6, 6.07) is 18.8. The molecule has 0 N–H and O–H groups in total. The van der Waals surface area contributed by atoms with E-state index in [1.165, 1.54) is 0 Å². The molecule has 0 saturated carbocycles. The third-order valence-corrected chi connectivity index (χ3v) is 4.67. The van der Waals surface area contributed by atoms with Crippen LogP contribution in [0.1, 0.15) is 50.3 Å². The number of esters is 1. The molecule has 3 rings (SSSR count). The Morgan fingerprint density at radius 3 is 2.48 bits per heavy atom. The third kappa shape index (κ3) is 4.40.